The molecular weight excluding hydrogens is 339 g/mol. The van der Waals surface area contributed by atoms with E-state index in [2.05, 4.69) is 15.6 Å². The second-order valence-corrected chi connectivity index (χ2v) is 7.66. The average molecular weight is 358 g/mol. The van der Waals surface area contributed by atoms with Gasteiger partial charge in [0.05, 0.1) is 10.9 Å². The maximum atomic E-state index is 15.3. The number of halogens is 1. The van der Waals surface area contributed by atoms with E-state index in [1.54, 1.807) is 11.5 Å². The fourth-order valence-corrected chi connectivity index (χ4v) is 4.36. The largest absolute Gasteiger partial charge is 0.477 e. The Balaban J connectivity index is 1.85. The van der Waals surface area contributed by atoms with Crippen molar-refractivity contribution in [2.45, 2.75) is 43.8 Å². The van der Waals surface area contributed by atoms with Crippen LogP contribution in [-0.4, -0.2) is 39.8 Å². The fourth-order valence-electron chi connectivity index (χ4n) is 4.36. The normalized spacial score (nSPS) is 27.4. The second-order valence-electron chi connectivity index (χ2n) is 7.66. The summed E-state index contributed by atoms with van der Waals surface area (Å²) < 4.78 is 17.0. The lowest BCUT2D eigenvalue weighted by Crippen LogP contribution is -2.48. The number of rotatable bonds is 3. The van der Waals surface area contributed by atoms with Gasteiger partial charge in [-0.25, -0.2) is 14.2 Å². The van der Waals surface area contributed by atoms with Crippen molar-refractivity contribution in [1.82, 2.24) is 20.2 Å². The van der Waals surface area contributed by atoms with Crippen LogP contribution in [0.15, 0.2) is 11.0 Å². The number of piperazine rings is 1. The third kappa shape index (κ3) is 2.02. The summed E-state index contributed by atoms with van der Waals surface area (Å²) in [5.74, 6) is -1.81. The molecule has 0 radical (unpaired) electrons. The van der Waals surface area contributed by atoms with Gasteiger partial charge < -0.3 is 20.3 Å². The Morgan fingerprint density at radius 3 is 2.77 bits per heavy atom. The summed E-state index contributed by atoms with van der Waals surface area (Å²) in [6.45, 7) is 2.89. The van der Waals surface area contributed by atoms with Gasteiger partial charge >= 0.3 is 5.97 Å². The monoisotopic (exact) mass is 358 g/mol. The van der Waals surface area contributed by atoms with E-state index in [0.29, 0.717) is 23.9 Å². The van der Waals surface area contributed by atoms with Crippen LogP contribution in [0.3, 0.4) is 0 Å². The SMILES string of the molecule is Cc1c(F)c(C23CNC(CN2)C3)nc2c1c(=O)c(C(=O)O)cn2C1CC1. The number of pyridine rings is 2. The van der Waals surface area contributed by atoms with Gasteiger partial charge in [0, 0.05) is 36.9 Å². The van der Waals surface area contributed by atoms with Crippen molar-refractivity contribution in [1.29, 1.82) is 0 Å². The number of aryl methyl sites for hydroxylation is 1. The summed E-state index contributed by atoms with van der Waals surface area (Å²) in [5, 5.41) is 16.2. The van der Waals surface area contributed by atoms with Crippen LogP contribution < -0.4 is 16.1 Å². The number of carboxylic acid groups (broad SMARTS) is 1. The maximum Gasteiger partial charge on any atom is 0.341 e. The van der Waals surface area contributed by atoms with Crippen molar-refractivity contribution in [3.05, 3.63) is 39.1 Å². The first-order chi connectivity index (χ1) is 12.4. The summed E-state index contributed by atoms with van der Waals surface area (Å²) >= 11 is 0. The van der Waals surface area contributed by atoms with Crippen molar-refractivity contribution >= 4 is 17.0 Å². The van der Waals surface area contributed by atoms with Crippen LogP contribution in [0.1, 0.15) is 46.9 Å². The highest BCUT2D eigenvalue weighted by molar-refractivity contribution is 5.92. The first kappa shape index (κ1) is 15.9. The van der Waals surface area contributed by atoms with Gasteiger partial charge in [-0.15, -0.1) is 0 Å². The Bertz CT molecular complexity index is 1020. The maximum absolute atomic E-state index is 15.3. The van der Waals surface area contributed by atoms with Gasteiger partial charge in [0.2, 0.25) is 5.43 Å². The zero-order valence-electron chi connectivity index (χ0n) is 14.3. The molecule has 0 amide bonds. The number of aromatic carboxylic acids is 1. The zero-order valence-corrected chi connectivity index (χ0v) is 14.3. The first-order valence-corrected chi connectivity index (χ1v) is 8.88. The number of aromatic nitrogens is 2. The molecule has 5 rings (SSSR count). The predicted molar refractivity (Wildman–Crippen MR) is 92.0 cm³/mol. The fraction of sp³-hybridized carbons (Fsp3) is 0.500. The predicted octanol–water partition coefficient (Wildman–Crippen LogP) is 1.04. The molecule has 2 aromatic heterocycles. The molecule has 2 bridgehead atoms. The molecule has 8 heteroatoms. The number of nitrogens with one attached hydrogen (secondary N) is 2. The number of nitrogens with zero attached hydrogens (tertiary/aromatic N) is 2. The first-order valence-electron chi connectivity index (χ1n) is 8.88. The molecule has 2 saturated heterocycles. The second kappa shape index (κ2) is 5.11. The molecule has 2 atom stereocenters. The minimum Gasteiger partial charge on any atom is -0.477 e. The topological polar surface area (TPSA) is 96.2 Å². The molecule has 4 heterocycles. The standard InChI is InChI=1S/C18H19FN4O3/c1-8-12-14(24)11(17(25)26)6-23(10-2-3-10)16(12)22-15(13(8)19)18-4-9(5-21-18)20-7-18/h6,9-10,20-21H,2-5,7H2,1H3,(H,25,26). The molecular formula is C18H19FN4O3. The minimum absolute atomic E-state index is 0.0787. The van der Waals surface area contributed by atoms with Crippen molar-refractivity contribution < 1.29 is 14.3 Å². The van der Waals surface area contributed by atoms with Gasteiger partial charge in [0.1, 0.15) is 22.7 Å². The van der Waals surface area contributed by atoms with Gasteiger partial charge in [-0.05, 0) is 26.2 Å². The molecule has 136 valence electrons. The highest BCUT2D eigenvalue weighted by Gasteiger charge is 2.49. The minimum atomic E-state index is -1.30. The summed E-state index contributed by atoms with van der Waals surface area (Å²) in [6.07, 6.45) is 3.92. The summed E-state index contributed by atoms with van der Waals surface area (Å²) in [6, 6.07) is 0.414. The van der Waals surface area contributed by atoms with Gasteiger partial charge in [-0.1, -0.05) is 0 Å². The molecule has 2 aromatic rings. The van der Waals surface area contributed by atoms with Crippen LogP contribution in [0, 0.1) is 12.7 Å². The van der Waals surface area contributed by atoms with Gasteiger partial charge in [-0.3, -0.25) is 4.79 Å². The van der Waals surface area contributed by atoms with Crippen molar-refractivity contribution in [2.24, 2.45) is 0 Å². The Morgan fingerprint density at radius 1 is 1.46 bits per heavy atom. The summed E-state index contributed by atoms with van der Waals surface area (Å²) in [7, 11) is 0. The Morgan fingerprint density at radius 2 is 2.23 bits per heavy atom. The molecule has 2 aliphatic heterocycles. The third-order valence-corrected chi connectivity index (χ3v) is 5.94. The van der Waals surface area contributed by atoms with E-state index in [0.717, 1.165) is 25.8 Å². The number of carboxylic acids is 1. The van der Waals surface area contributed by atoms with Crippen LogP contribution >= 0.6 is 0 Å². The quantitative estimate of drug-likeness (QED) is 0.759. The molecule has 1 saturated carbocycles. The van der Waals surface area contributed by atoms with Crippen molar-refractivity contribution in [3.63, 3.8) is 0 Å². The van der Waals surface area contributed by atoms with Gasteiger partial charge in [0.15, 0.2) is 0 Å². The van der Waals surface area contributed by atoms with E-state index in [1.165, 1.54) is 6.20 Å². The van der Waals surface area contributed by atoms with E-state index in [4.69, 9.17) is 0 Å². The van der Waals surface area contributed by atoms with Crippen LogP contribution in [0.2, 0.25) is 0 Å². The smallest absolute Gasteiger partial charge is 0.341 e. The van der Waals surface area contributed by atoms with E-state index in [9.17, 15) is 14.7 Å². The molecule has 0 spiro atoms. The summed E-state index contributed by atoms with van der Waals surface area (Å²) in [5.41, 5.74) is -0.668. The van der Waals surface area contributed by atoms with Crippen LogP contribution in [0.5, 0.6) is 0 Å². The highest BCUT2D eigenvalue weighted by Crippen LogP contribution is 2.40. The molecule has 3 fully saturated rings. The van der Waals surface area contributed by atoms with E-state index in [-0.39, 0.29) is 22.6 Å². The number of hydrogen-bond donors (Lipinski definition) is 3. The van der Waals surface area contributed by atoms with Crippen LogP contribution in [0.25, 0.3) is 11.0 Å². The van der Waals surface area contributed by atoms with Crippen molar-refractivity contribution in [2.75, 3.05) is 13.1 Å². The van der Waals surface area contributed by atoms with Gasteiger partial charge in [0.25, 0.3) is 0 Å². The van der Waals surface area contributed by atoms with E-state index in [1.807, 2.05) is 0 Å². The zero-order chi connectivity index (χ0) is 18.2. The lowest BCUT2D eigenvalue weighted by molar-refractivity contribution is 0.0695. The van der Waals surface area contributed by atoms with Crippen molar-refractivity contribution in [3.8, 4) is 0 Å². The highest BCUT2D eigenvalue weighted by atomic mass is 19.1. The molecule has 3 aliphatic rings. The number of hydrogen-bond acceptors (Lipinski definition) is 5. The lowest BCUT2D eigenvalue weighted by Gasteiger charge is -2.28. The molecule has 3 N–H and O–H groups in total. The Labute approximate surface area is 148 Å². The average Bonchev–Trinajstić information content (AvgIpc) is 3.25. The molecule has 26 heavy (non-hydrogen) atoms. The molecule has 1 aliphatic carbocycles. The van der Waals surface area contributed by atoms with Crippen LogP contribution in [0.4, 0.5) is 4.39 Å². The van der Waals surface area contributed by atoms with E-state index >= 15 is 4.39 Å². The number of carbonyl (C=O) groups is 1. The van der Waals surface area contributed by atoms with Crippen LogP contribution in [-0.2, 0) is 5.54 Å². The molecule has 7 nitrogen and oxygen atoms in total. The Kier molecular flexibility index (Phi) is 3.12. The molecule has 2 unspecified atom stereocenters. The summed E-state index contributed by atoms with van der Waals surface area (Å²) in [4.78, 5) is 28.8. The number of fused-ring (bicyclic) bond motifs is 3. The Hall–Kier alpha value is -2.32. The lowest BCUT2D eigenvalue weighted by atomic mass is 9.92. The van der Waals surface area contributed by atoms with Gasteiger partial charge in [-0.2, -0.15) is 0 Å². The third-order valence-electron chi connectivity index (χ3n) is 5.94. The molecule has 0 aromatic carbocycles. The van der Waals surface area contributed by atoms with E-state index < -0.39 is 22.8 Å².